The van der Waals surface area contributed by atoms with E-state index in [1.54, 1.807) is 0 Å². The van der Waals surface area contributed by atoms with Gasteiger partial charge in [0.25, 0.3) is 0 Å². The van der Waals surface area contributed by atoms with Gasteiger partial charge in [-0.05, 0) is 31.2 Å². The predicted octanol–water partition coefficient (Wildman–Crippen LogP) is 2.63. The van der Waals surface area contributed by atoms with Crippen molar-refractivity contribution in [2.24, 2.45) is 5.92 Å². The lowest BCUT2D eigenvalue weighted by atomic mass is 9.76. The highest BCUT2D eigenvalue weighted by atomic mass is 79.9. The number of ether oxygens (including phenoxy) is 1. The monoisotopic (exact) mass is 311 g/mol. The number of fused-ring (bicyclic) bond motifs is 1. The Morgan fingerprint density at radius 1 is 1.50 bits per heavy atom. The van der Waals surface area contributed by atoms with Crippen LogP contribution in [0.5, 0.6) is 5.75 Å². The van der Waals surface area contributed by atoms with Gasteiger partial charge >= 0.3 is 0 Å². The van der Waals surface area contributed by atoms with Crippen LogP contribution in [0, 0.1) is 5.92 Å². The fourth-order valence-electron chi connectivity index (χ4n) is 3.08. The largest absolute Gasteiger partial charge is 0.486 e. The number of nitrogens with one attached hydrogen (secondary N) is 1. The molecule has 2 heterocycles. The van der Waals surface area contributed by atoms with Crippen LogP contribution in [0.2, 0.25) is 0 Å². The summed E-state index contributed by atoms with van der Waals surface area (Å²) in [6.45, 7) is 4.12. The molecule has 1 fully saturated rings. The first-order valence-electron chi connectivity index (χ1n) is 6.48. The van der Waals surface area contributed by atoms with Gasteiger partial charge in [0.1, 0.15) is 11.4 Å². The second-order valence-electron chi connectivity index (χ2n) is 5.42. The van der Waals surface area contributed by atoms with Crippen molar-refractivity contribution in [1.29, 1.82) is 0 Å². The van der Waals surface area contributed by atoms with Crippen molar-refractivity contribution in [3.05, 3.63) is 28.2 Å². The quantitative estimate of drug-likeness (QED) is 0.774. The van der Waals surface area contributed by atoms with Crippen molar-refractivity contribution in [3.8, 4) is 5.75 Å². The molecule has 0 aromatic heterocycles. The SMILES string of the molecule is CC1CNCCC12C[C@H](O)c1cc(Br)ccc1O2. The highest BCUT2D eigenvalue weighted by Gasteiger charge is 2.45. The van der Waals surface area contributed by atoms with Crippen LogP contribution in [0.3, 0.4) is 0 Å². The Morgan fingerprint density at radius 2 is 2.33 bits per heavy atom. The van der Waals surface area contributed by atoms with E-state index in [0.717, 1.165) is 35.3 Å². The van der Waals surface area contributed by atoms with E-state index in [1.807, 2.05) is 18.2 Å². The van der Waals surface area contributed by atoms with Crippen LogP contribution in [-0.2, 0) is 0 Å². The predicted molar refractivity (Wildman–Crippen MR) is 73.7 cm³/mol. The Labute approximate surface area is 116 Å². The third kappa shape index (κ3) is 1.96. The van der Waals surface area contributed by atoms with Gasteiger partial charge in [-0.25, -0.2) is 0 Å². The summed E-state index contributed by atoms with van der Waals surface area (Å²) in [5.41, 5.74) is 0.701. The van der Waals surface area contributed by atoms with E-state index in [4.69, 9.17) is 4.74 Å². The lowest BCUT2D eigenvalue weighted by Crippen LogP contribution is -2.55. The summed E-state index contributed by atoms with van der Waals surface area (Å²) in [6, 6.07) is 5.88. The molecule has 2 N–H and O–H groups in total. The molecule has 18 heavy (non-hydrogen) atoms. The fraction of sp³-hybridized carbons (Fsp3) is 0.571. The second-order valence-corrected chi connectivity index (χ2v) is 6.34. The number of aliphatic hydroxyl groups is 1. The van der Waals surface area contributed by atoms with Crippen LogP contribution in [0.4, 0.5) is 0 Å². The van der Waals surface area contributed by atoms with Gasteiger partial charge in [0.2, 0.25) is 0 Å². The molecular formula is C14H18BrNO2. The molecular weight excluding hydrogens is 294 g/mol. The molecule has 2 aliphatic rings. The maximum Gasteiger partial charge on any atom is 0.126 e. The van der Waals surface area contributed by atoms with Gasteiger partial charge in [-0.3, -0.25) is 0 Å². The van der Waals surface area contributed by atoms with Crippen LogP contribution in [-0.4, -0.2) is 23.8 Å². The van der Waals surface area contributed by atoms with Gasteiger partial charge in [0, 0.05) is 28.9 Å². The molecule has 1 spiro atoms. The van der Waals surface area contributed by atoms with Crippen molar-refractivity contribution in [1.82, 2.24) is 5.32 Å². The molecule has 3 rings (SSSR count). The highest BCUT2D eigenvalue weighted by Crippen LogP contribution is 2.45. The minimum Gasteiger partial charge on any atom is -0.486 e. The van der Waals surface area contributed by atoms with E-state index in [0.29, 0.717) is 12.3 Å². The Morgan fingerprint density at radius 3 is 3.11 bits per heavy atom. The Hall–Kier alpha value is -0.580. The Bertz CT molecular complexity index is 465. The Balaban J connectivity index is 1.98. The summed E-state index contributed by atoms with van der Waals surface area (Å²) >= 11 is 3.44. The van der Waals surface area contributed by atoms with Gasteiger partial charge in [-0.1, -0.05) is 22.9 Å². The fourth-order valence-corrected chi connectivity index (χ4v) is 3.46. The number of benzene rings is 1. The van der Waals surface area contributed by atoms with E-state index >= 15 is 0 Å². The second kappa shape index (κ2) is 4.51. The zero-order valence-corrected chi connectivity index (χ0v) is 12.0. The van der Waals surface area contributed by atoms with Crippen LogP contribution in [0.25, 0.3) is 0 Å². The van der Waals surface area contributed by atoms with Crippen LogP contribution in [0.15, 0.2) is 22.7 Å². The van der Waals surface area contributed by atoms with Crippen LogP contribution in [0.1, 0.15) is 31.4 Å². The van der Waals surface area contributed by atoms with Gasteiger partial charge in [-0.15, -0.1) is 0 Å². The van der Waals surface area contributed by atoms with Gasteiger partial charge < -0.3 is 15.2 Å². The van der Waals surface area contributed by atoms with E-state index in [-0.39, 0.29) is 5.60 Å². The third-order valence-corrected chi connectivity index (χ3v) is 4.75. The molecule has 4 heteroatoms. The summed E-state index contributed by atoms with van der Waals surface area (Å²) in [4.78, 5) is 0. The molecule has 0 bridgehead atoms. The summed E-state index contributed by atoms with van der Waals surface area (Å²) in [6.07, 6.45) is 1.23. The molecule has 3 atom stereocenters. The maximum absolute atomic E-state index is 10.4. The molecule has 0 radical (unpaired) electrons. The summed E-state index contributed by atoms with van der Waals surface area (Å²) in [7, 11) is 0. The van der Waals surface area contributed by atoms with Crippen molar-refractivity contribution in [2.45, 2.75) is 31.5 Å². The molecule has 1 aromatic rings. The minimum atomic E-state index is -0.424. The molecule has 0 saturated carbocycles. The normalized spacial score (nSPS) is 35.1. The molecule has 98 valence electrons. The molecule has 0 amide bonds. The average Bonchev–Trinajstić information content (AvgIpc) is 2.34. The first-order chi connectivity index (χ1) is 8.61. The van der Waals surface area contributed by atoms with Crippen LogP contribution >= 0.6 is 15.9 Å². The maximum atomic E-state index is 10.4. The molecule has 2 aliphatic heterocycles. The number of aliphatic hydroxyl groups excluding tert-OH is 1. The number of hydrogen-bond acceptors (Lipinski definition) is 3. The lowest BCUT2D eigenvalue weighted by molar-refractivity contribution is -0.0659. The number of hydrogen-bond donors (Lipinski definition) is 2. The van der Waals surface area contributed by atoms with Crippen molar-refractivity contribution >= 4 is 15.9 Å². The first kappa shape index (κ1) is 12.5. The standard InChI is InChI=1S/C14H18BrNO2/c1-9-8-16-5-4-14(9)7-12(17)11-6-10(15)2-3-13(11)18-14/h2-3,6,9,12,16-17H,4-5,7-8H2,1H3/t9?,12-,14?/m0/s1. The highest BCUT2D eigenvalue weighted by molar-refractivity contribution is 9.10. The molecule has 1 aromatic carbocycles. The van der Waals surface area contributed by atoms with E-state index in [9.17, 15) is 5.11 Å². The first-order valence-corrected chi connectivity index (χ1v) is 7.27. The lowest BCUT2D eigenvalue weighted by Gasteiger charge is -2.47. The molecule has 0 aliphatic carbocycles. The molecule has 2 unspecified atom stereocenters. The van der Waals surface area contributed by atoms with Gasteiger partial charge in [0.15, 0.2) is 0 Å². The average molecular weight is 312 g/mol. The summed E-state index contributed by atoms with van der Waals surface area (Å²) in [5.74, 6) is 1.25. The van der Waals surface area contributed by atoms with Crippen molar-refractivity contribution in [3.63, 3.8) is 0 Å². The number of piperidine rings is 1. The van der Waals surface area contributed by atoms with Crippen molar-refractivity contribution in [2.75, 3.05) is 13.1 Å². The zero-order chi connectivity index (χ0) is 12.8. The topological polar surface area (TPSA) is 41.5 Å². The van der Waals surface area contributed by atoms with E-state index in [1.165, 1.54) is 0 Å². The summed E-state index contributed by atoms with van der Waals surface area (Å²) < 4.78 is 7.26. The van der Waals surface area contributed by atoms with Crippen LogP contribution < -0.4 is 10.1 Å². The number of halogens is 1. The summed E-state index contributed by atoms with van der Waals surface area (Å²) in [5, 5.41) is 13.8. The number of rotatable bonds is 0. The zero-order valence-electron chi connectivity index (χ0n) is 10.4. The van der Waals surface area contributed by atoms with Gasteiger partial charge in [0.05, 0.1) is 6.10 Å². The third-order valence-electron chi connectivity index (χ3n) is 4.26. The smallest absolute Gasteiger partial charge is 0.126 e. The van der Waals surface area contributed by atoms with E-state index in [2.05, 4.69) is 28.2 Å². The van der Waals surface area contributed by atoms with E-state index < -0.39 is 6.10 Å². The minimum absolute atomic E-state index is 0.203. The molecule has 3 nitrogen and oxygen atoms in total. The molecule has 1 saturated heterocycles. The van der Waals surface area contributed by atoms with Crippen molar-refractivity contribution < 1.29 is 9.84 Å². The van der Waals surface area contributed by atoms with Gasteiger partial charge in [-0.2, -0.15) is 0 Å². The Kier molecular flexibility index (Phi) is 3.12.